The fourth-order valence-electron chi connectivity index (χ4n) is 2.77. The van der Waals surface area contributed by atoms with Crippen LogP contribution in [0.2, 0.25) is 5.02 Å². The summed E-state index contributed by atoms with van der Waals surface area (Å²) in [6.07, 6.45) is 0. The van der Waals surface area contributed by atoms with E-state index in [1.807, 2.05) is 68.7 Å². The van der Waals surface area contributed by atoms with E-state index in [9.17, 15) is 4.79 Å². The number of benzene rings is 2. The molecule has 7 heteroatoms. The van der Waals surface area contributed by atoms with Crippen LogP contribution in [0.3, 0.4) is 0 Å². The number of amides is 1. The SMILES string of the molecule is CCn1c(SCC(=O)Nc2ccc(C)c(C)c2)nnc1-c1ccc(C)c(Cl)c1. The zero-order valence-electron chi connectivity index (χ0n) is 16.4. The van der Waals surface area contributed by atoms with Crippen molar-refractivity contribution in [1.29, 1.82) is 0 Å². The Morgan fingerprint density at radius 3 is 2.50 bits per heavy atom. The van der Waals surface area contributed by atoms with Crippen molar-refractivity contribution < 1.29 is 4.79 Å². The number of aryl methyl sites for hydroxylation is 3. The molecule has 2 aromatic carbocycles. The summed E-state index contributed by atoms with van der Waals surface area (Å²) in [7, 11) is 0. The Morgan fingerprint density at radius 1 is 1.07 bits per heavy atom. The van der Waals surface area contributed by atoms with Gasteiger partial charge in [-0.2, -0.15) is 0 Å². The Hall–Kier alpha value is -2.31. The van der Waals surface area contributed by atoms with E-state index in [-0.39, 0.29) is 11.7 Å². The van der Waals surface area contributed by atoms with Crippen molar-refractivity contribution in [2.75, 3.05) is 11.1 Å². The lowest BCUT2D eigenvalue weighted by Gasteiger charge is -2.09. The van der Waals surface area contributed by atoms with Gasteiger partial charge in [0, 0.05) is 22.8 Å². The molecule has 0 aliphatic rings. The van der Waals surface area contributed by atoms with Gasteiger partial charge in [-0.3, -0.25) is 4.79 Å². The molecule has 0 saturated carbocycles. The van der Waals surface area contributed by atoms with Gasteiger partial charge in [-0.25, -0.2) is 0 Å². The van der Waals surface area contributed by atoms with E-state index in [4.69, 9.17) is 11.6 Å². The molecule has 1 heterocycles. The Bertz CT molecular complexity index is 1020. The molecule has 0 fully saturated rings. The zero-order valence-corrected chi connectivity index (χ0v) is 18.0. The topological polar surface area (TPSA) is 59.8 Å². The number of hydrogen-bond donors (Lipinski definition) is 1. The Morgan fingerprint density at radius 2 is 1.82 bits per heavy atom. The van der Waals surface area contributed by atoms with Crippen molar-refractivity contribution in [1.82, 2.24) is 14.8 Å². The van der Waals surface area contributed by atoms with E-state index < -0.39 is 0 Å². The predicted molar refractivity (Wildman–Crippen MR) is 116 cm³/mol. The lowest BCUT2D eigenvalue weighted by Crippen LogP contribution is -2.14. The molecule has 5 nitrogen and oxygen atoms in total. The molecule has 0 aliphatic heterocycles. The van der Waals surface area contributed by atoms with Gasteiger partial charge in [0.25, 0.3) is 0 Å². The van der Waals surface area contributed by atoms with Crippen LogP contribution in [0.4, 0.5) is 5.69 Å². The van der Waals surface area contributed by atoms with Crippen LogP contribution in [0.1, 0.15) is 23.6 Å². The molecule has 3 aromatic rings. The predicted octanol–water partition coefficient (Wildman–Crippen LogP) is 5.27. The molecular weight excluding hydrogens is 392 g/mol. The summed E-state index contributed by atoms with van der Waals surface area (Å²) in [5, 5.41) is 12.9. The number of halogens is 1. The van der Waals surface area contributed by atoms with Gasteiger partial charge in [0.2, 0.25) is 5.91 Å². The van der Waals surface area contributed by atoms with E-state index in [2.05, 4.69) is 15.5 Å². The number of thioether (sulfide) groups is 1. The molecule has 0 spiro atoms. The number of carbonyl (C=O) groups excluding carboxylic acids is 1. The number of nitrogens with zero attached hydrogens (tertiary/aromatic N) is 3. The second-order valence-corrected chi connectivity index (χ2v) is 8.00. The number of anilines is 1. The Labute approximate surface area is 174 Å². The molecule has 3 rings (SSSR count). The number of rotatable bonds is 6. The van der Waals surface area contributed by atoms with E-state index in [0.29, 0.717) is 16.7 Å². The van der Waals surface area contributed by atoms with Crippen LogP contribution >= 0.6 is 23.4 Å². The van der Waals surface area contributed by atoms with Gasteiger partial charge in [0.15, 0.2) is 11.0 Å². The molecular formula is C21H23ClN4OS. The Kier molecular flexibility index (Phi) is 6.42. The number of hydrogen-bond acceptors (Lipinski definition) is 4. The van der Waals surface area contributed by atoms with Gasteiger partial charge in [0.05, 0.1) is 5.75 Å². The molecule has 0 aliphatic carbocycles. The summed E-state index contributed by atoms with van der Waals surface area (Å²) < 4.78 is 2.00. The van der Waals surface area contributed by atoms with Crippen LogP contribution in [-0.4, -0.2) is 26.4 Å². The van der Waals surface area contributed by atoms with Crippen molar-refractivity contribution in [2.45, 2.75) is 39.4 Å². The third-order valence-corrected chi connectivity index (χ3v) is 5.96. The van der Waals surface area contributed by atoms with Gasteiger partial charge in [-0.15, -0.1) is 10.2 Å². The molecule has 0 saturated heterocycles. The summed E-state index contributed by atoms with van der Waals surface area (Å²) in [5.41, 5.74) is 5.09. The van der Waals surface area contributed by atoms with Gasteiger partial charge in [-0.1, -0.05) is 41.6 Å². The standard InChI is InChI=1S/C21H23ClN4OS/c1-5-26-20(16-8-6-14(3)18(22)11-16)24-25-21(26)28-12-19(27)23-17-9-7-13(2)15(4)10-17/h6-11H,5,12H2,1-4H3,(H,23,27). The number of nitrogens with one attached hydrogen (secondary N) is 1. The summed E-state index contributed by atoms with van der Waals surface area (Å²) in [5.74, 6) is 0.944. The highest BCUT2D eigenvalue weighted by molar-refractivity contribution is 7.99. The van der Waals surface area contributed by atoms with Crippen LogP contribution in [0, 0.1) is 20.8 Å². The van der Waals surface area contributed by atoms with E-state index >= 15 is 0 Å². The van der Waals surface area contributed by atoms with Gasteiger partial charge < -0.3 is 9.88 Å². The minimum atomic E-state index is -0.0705. The first-order valence-corrected chi connectivity index (χ1v) is 10.4. The van der Waals surface area contributed by atoms with Gasteiger partial charge in [-0.05, 0) is 62.6 Å². The second-order valence-electron chi connectivity index (χ2n) is 6.65. The fraction of sp³-hybridized carbons (Fsp3) is 0.286. The molecule has 28 heavy (non-hydrogen) atoms. The summed E-state index contributed by atoms with van der Waals surface area (Å²) in [4.78, 5) is 12.3. The highest BCUT2D eigenvalue weighted by Crippen LogP contribution is 2.27. The van der Waals surface area contributed by atoms with Crippen molar-refractivity contribution >= 4 is 35.0 Å². The molecule has 146 valence electrons. The van der Waals surface area contributed by atoms with E-state index in [1.54, 1.807) is 0 Å². The molecule has 0 bridgehead atoms. The molecule has 1 amide bonds. The minimum Gasteiger partial charge on any atom is -0.325 e. The number of carbonyl (C=O) groups is 1. The van der Waals surface area contributed by atoms with E-state index in [0.717, 1.165) is 28.2 Å². The minimum absolute atomic E-state index is 0.0705. The van der Waals surface area contributed by atoms with E-state index in [1.165, 1.54) is 17.3 Å². The fourth-order valence-corrected chi connectivity index (χ4v) is 3.76. The third kappa shape index (κ3) is 4.56. The van der Waals surface area contributed by atoms with Crippen molar-refractivity contribution in [3.63, 3.8) is 0 Å². The molecule has 1 N–H and O–H groups in total. The first-order valence-electron chi connectivity index (χ1n) is 9.08. The molecule has 1 aromatic heterocycles. The molecule has 0 radical (unpaired) electrons. The van der Waals surface area contributed by atoms with Crippen LogP contribution in [-0.2, 0) is 11.3 Å². The second kappa shape index (κ2) is 8.80. The number of aromatic nitrogens is 3. The maximum atomic E-state index is 12.3. The maximum absolute atomic E-state index is 12.3. The van der Waals surface area contributed by atoms with Crippen LogP contribution in [0.15, 0.2) is 41.6 Å². The largest absolute Gasteiger partial charge is 0.325 e. The quantitative estimate of drug-likeness (QED) is 0.558. The molecule has 0 atom stereocenters. The highest BCUT2D eigenvalue weighted by Gasteiger charge is 2.15. The maximum Gasteiger partial charge on any atom is 0.234 e. The monoisotopic (exact) mass is 414 g/mol. The van der Waals surface area contributed by atoms with Crippen molar-refractivity contribution in [3.8, 4) is 11.4 Å². The van der Waals surface area contributed by atoms with Crippen molar-refractivity contribution in [3.05, 3.63) is 58.1 Å². The zero-order chi connectivity index (χ0) is 20.3. The first-order chi connectivity index (χ1) is 13.4. The smallest absolute Gasteiger partial charge is 0.234 e. The lowest BCUT2D eigenvalue weighted by molar-refractivity contribution is -0.113. The Balaban J connectivity index is 1.70. The lowest BCUT2D eigenvalue weighted by atomic mass is 10.1. The average Bonchev–Trinajstić information content (AvgIpc) is 3.08. The van der Waals surface area contributed by atoms with Gasteiger partial charge >= 0.3 is 0 Å². The summed E-state index contributed by atoms with van der Waals surface area (Å²) in [6.45, 7) is 8.78. The molecule has 0 unspecified atom stereocenters. The van der Waals surface area contributed by atoms with Crippen LogP contribution in [0.25, 0.3) is 11.4 Å². The summed E-state index contributed by atoms with van der Waals surface area (Å²) >= 11 is 7.62. The third-order valence-electron chi connectivity index (χ3n) is 4.59. The highest BCUT2D eigenvalue weighted by atomic mass is 35.5. The average molecular weight is 415 g/mol. The van der Waals surface area contributed by atoms with Crippen molar-refractivity contribution in [2.24, 2.45) is 0 Å². The van der Waals surface area contributed by atoms with Crippen LogP contribution < -0.4 is 5.32 Å². The summed E-state index contributed by atoms with van der Waals surface area (Å²) in [6, 6.07) is 11.7. The van der Waals surface area contributed by atoms with Crippen LogP contribution in [0.5, 0.6) is 0 Å². The van der Waals surface area contributed by atoms with Gasteiger partial charge in [0.1, 0.15) is 0 Å². The normalized spacial score (nSPS) is 10.9. The first kappa shape index (κ1) is 20.4.